The second-order valence-electron chi connectivity index (χ2n) is 7.09. The number of ether oxygens (including phenoxy) is 1. The second-order valence-corrected chi connectivity index (χ2v) is 8.52. The molecule has 0 saturated carbocycles. The molecular formula is C25H21ClN2O3S. The van der Waals surface area contributed by atoms with Crippen molar-refractivity contribution in [2.75, 3.05) is 0 Å². The van der Waals surface area contributed by atoms with Crippen molar-refractivity contribution in [3.63, 3.8) is 0 Å². The lowest BCUT2D eigenvalue weighted by atomic mass is 10.1. The van der Waals surface area contributed by atoms with Crippen LogP contribution in [0.15, 0.2) is 78.9 Å². The van der Waals surface area contributed by atoms with Gasteiger partial charge in [0.2, 0.25) is 0 Å². The van der Waals surface area contributed by atoms with Crippen LogP contribution in [0, 0.1) is 0 Å². The van der Waals surface area contributed by atoms with Crippen molar-refractivity contribution in [2.24, 2.45) is 0 Å². The zero-order valence-corrected chi connectivity index (χ0v) is 18.9. The lowest BCUT2D eigenvalue weighted by molar-refractivity contribution is -0.128. The number of fused-ring (bicyclic) bond motifs is 1. The van der Waals surface area contributed by atoms with E-state index in [1.807, 2.05) is 85.8 Å². The van der Waals surface area contributed by atoms with Crippen molar-refractivity contribution in [1.82, 2.24) is 10.9 Å². The highest BCUT2D eigenvalue weighted by molar-refractivity contribution is 7.21. The van der Waals surface area contributed by atoms with Crippen LogP contribution in [-0.2, 0) is 4.79 Å². The van der Waals surface area contributed by atoms with Crippen molar-refractivity contribution in [1.29, 1.82) is 0 Å². The maximum absolute atomic E-state index is 12.6. The van der Waals surface area contributed by atoms with Crippen LogP contribution in [-0.4, -0.2) is 17.9 Å². The molecule has 32 heavy (non-hydrogen) atoms. The van der Waals surface area contributed by atoms with Crippen LogP contribution in [0.4, 0.5) is 0 Å². The fourth-order valence-electron chi connectivity index (χ4n) is 3.26. The molecule has 1 unspecified atom stereocenters. The molecule has 1 atom stereocenters. The summed E-state index contributed by atoms with van der Waals surface area (Å²) in [5.41, 5.74) is 7.05. The number of carbonyl (C=O) groups excluding carboxylic acids is 2. The number of halogens is 1. The average Bonchev–Trinajstić information content (AvgIpc) is 3.18. The molecule has 4 aromatic rings. The summed E-state index contributed by atoms with van der Waals surface area (Å²) in [6, 6.07) is 25.0. The molecule has 5 nitrogen and oxygen atoms in total. The molecule has 0 aliphatic rings. The van der Waals surface area contributed by atoms with E-state index in [-0.39, 0.29) is 0 Å². The summed E-state index contributed by atoms with van der Waals surface area (Å²) in [5, 5.41) is 1.18. The number of thiophene rings is 1. The Morgan fingerprint density at radius 3 is 2.25 bits per heavy atom. The highest BCUT2D eigenvalue weighted by Gasteiger charge is 2.21. The van der Waals surface area contributed by atoms with E-state index < -0.39 is 17.9 Å². The molecule has 162 valence electrons. The largest absolute Gasteiger partial charge is 0.481 e. The van der Waals surface area contributed by atoms with Crippen molar-refractivity contribution >= 4 is 44.8 Å². The highest BCUT2D eigenvalue weighted by atomic mass is 35.5. The molecule has 0 saturated heterocycles. The first-order valence-electron chi connectivity index (χ1n) is 10.2. The molecule has 2 amide bonds. The van der Waals surface area contributed by atoms with Gasteiger partial charge >= 0.3 is 0 Å². The van der Waals surface area contributed by atoms with Crippen LogP contribution in [0.3, 0.4) is 0 Å². The Bertz CT molecular complexity index is 1240. The summed E-state index contributed by atoms with van der Waals surface area (Å²) in [6.45, 7) is 1.84. The van der Waals surface area contributed by atoms with Gasteiger partial charge in [-0.2, -0.15) is 0 Å². The van der Waals surface area contributed by atoms with Crippen molar-refractivity contribution in [3.8, 4) is 16.9 Å². The van der Waals surface area contributed by atoms with E-state index in [9.17, 15) is 9.59 Å². The predicted octanol–water partition coefficient (Wildman–Crippen LogP) is 5.84. The van der Waals surface area contributed by atoms with E-state index >= 15 is 0 Å². The van der Waals surface area contributed by atoms with Crippen LogP contribution in [0.5, 0.6) is 5.75 Å². The Labute approximate surface area is 195 Å². The zero-order valence-electron chi connectivity index (χ0n) is 17.3. The number of rotatable bonds is 6. The molecule has 0 radical (unpaired) electrons. The molecule has 0 bridgehead atoms. The first-order chi connectivity index (χ1) is 15.6. The number of nitrogens with one attached hydrogen (secondary N) is 2. The summed E-state index contributed by atoms with van der Waals surface area (Å²) in [7, 11) is 0. The van der Waals surface area contributed by atoms with E-state index in [0.29, 0.717) is 22.1 Å². The van der Waals surface area contributed by atoms with Gasteiger partial charge in [0.1, 0.15) is 10.6 Å². The standard InChI is InChI=1S/C25H21ClN2O3S/c1-2-20(31-18-14-12-17(13-15-18)16-8-4-3-5-9-16)24(29)27-28-25(30)23-22(26)19-10-6-7-11-21(19)32-23/h3-15,20H,2H2,1H3,(H,27,29)(H,28,30). The molecule has 1 heterocycles. The van der Waals surface area contributed by atoms with Crippen LogP contribution in [0.2, 0.25) is 5.02 Å². The lowest BCUT2D eigenvalue weighted by Crippen LogP contribution is -2.47. The molecule has 0 aliphatic heterocycles. The zero-order chi connectivity index (χ0) is 22.5. The normalized spacial score (nSPS) is 11.7. The predicted molar refractivity (Wildman–Crippen MR) is 129 cm³/mol. The SMILES string of the molecule is CCC(Oc1ccc(-c2ccccc2)cc1)C(=O)NNC(=O)c1sc2ccccc2c1Cl. The van der Waals surface area contributed by atoms with E-state index in [2.05, 4.69) is 10.9 Å². The molecule has 0 aliphatic carbocycles. The summed E-state index contributed by atoms with van der Waals surface area (Å²) in [6.07, 6.45) is -0.318. The third-order valence-electron chi connectivity index (χ3n) is 4.94. The Hall–Kier alpha value is -3.35. The Morgan fingerprint density at radius 2 is 1.56 bits per heavy atom. The monoisotopic (exact) mass is 464 g/mol. The van der Waals surface area contributed by atoms with Crippen LogP contribution in [0.25, 0.3) is 21.2 Å². The summed E-state index contributed by atoms with van der Waals surface area (Å²) in [4.78, 5) is 25.5. The Balaban J connectivity index is 1.37. The number of amides is 2. The minimum Gasteiger partial charge on any atom is -0.481 e. The second kappa shape index (κ2) is 9.85. The van der Waals surface area contributed by atoms with Crippen molar-refractivity contribution in [3.05, 3.63) is 88.8 Å². The number of benzene rings is 3. The summed E-state index contributed by atoms with van der Waals surface area (Å²) in [5.74, 6) is -0.331. The smallest absolute Gasteiger partial charge is 0.281 e. The van der Waals surface area contributed by atoms with Gasteiger partial charge in [-0.3, -0.25) is 20.4 Å². The summed E-state index contributed by atoms with van der Waals surface area (Å²) >= 11 is 7.61. The fraction of sp³-hybridized carbons (Fsp3) is 0.120. The molecule has 0 fully saturated rings. The number of carbonyl (C=O) groups is 2. The topological polar surface area (TPSA) is 67.4 Å². The molecule has 2 N–H and O–H groups in total. The number of hydrogen-bond acceptors (Lipinski definition) is 4. The van der Waals surface area contributed by atoms with E-state index in [4.69, 9.17) is 16.3 Å². The van der Waals surface area contributed by atoms with Gasteiger partial charge in [0.15, 0.2) is 6.10 Å². The minimum atomic E-state index is -0.754. The maximum Gasteiger partial charge on any atom is 0.281 e. The van der Waals surface area contributed by atoms with Crippen molar-refractivity contribution < 1.29 is 14.3 Å². The van der Waals surface area contributed by atoms with Gasteiger partial charge in [0.25, 0.3) is 11.8 Å². The lowest BCUT2D eigenvalue weighted by Gasteiger charge is -2.17. The number of hydrazine groups is 1. The molecule has 3 aromatic carbocycles. The van der Waals surface area contributed by atoms with Gasteiger partial charge in [0.05, 0.1) is 5.02 Å². The summed E-state index contributed by atoms with van der Waals surface area (Å²) < 4.78 is 6.74. The minimum absolute atomic E-state index is 0.346. The quantitative estimate of drug-likeness (QED) is 0.352. The van der Waals surface area contributed by atoms with E-state index in [1.54, 1.807) is 0 Å². The number of hydrogen-bond donors (Lipinski definition) is 2. The molecule has 1 aromatic heterocycles. The average molecular weight is 465 g/mol. The first-order valence-corrected chi connectivity index (χ1v) is 11.4. The Morgan fingerprint density at radius 1 is 0.906 bits per heavy atom. The maximum atomic E-state index is 12.6. The molecule has 7 heteroatoms. The third-order valence-corrected chi connectivity index (χ3v) is 6.62. The third kappa shape index (κ3) is 4.77. The van der Waals surface area contributed by atoms with Gasteiger partial charge in [-0.05, 0) is 35.7 Å². The van der Waals surface area contributed by atoms with Crippen LogP contribution >= 0.6 is 22.9 Å². The van der Waals surface area contributed by atoms with Gasteiger partial charge < -0.3 is 4.74 Å². The van der Waals surface area contributed by atoms with E-state index in [0.717, 1.165) is 21.2 Å². The van der Waals surface area contributed by atoms with Crippen molar-refractivity contribution in [2.45, 2.75) is 19.4 Å². The molecular weight excluding hydrogens is 444 g/mol. The van der Waals surface area contributed by atoms with Gasteiger partial charge in [-0.15, -0.1) is 11.3 Å². The highest BCUT2D eigenvalue weighted by Crippen LogP contribution is 2.34. The molecule has 0 spiro atoms. The first kappa shape index (κ1) is 21.9. The van der Waals surface area contributed by atoms with Gasteiger partial charge in [-0.25, -0.2) is 0 Å². The van der Waals surface area contributed by atoms with E-state index in [1.165, 1.54) is 11.3 Å². The van der Waals surface area contributed by atoms with Gasteiger partial charge in [-0.1, -0.05) is 79.2 Å². The fourth-order valence-corrected chi connectivity index (χ4v) is 4.67. The van der Waals surface area contributed by atoms with Crippen LogP contribution < -0.4 is 15.6 Å². The molecule has 4 rings (SSSR count). The van der Waals surface area contributed by atoms with Crippen LogP contribution in [0.1, 0.15) is 23.0 Å². The van der Waals surface area contributed by atoms with Gasteiger partial charge in [0, 0.05) is 10.1 Å². The Kier molecular flexibility index (Phi) is 6.73.